The molecule has 11 heteroatoms. The fraction of sp³-hybridized carbons (Fsp3) is 0.304. The van der Waals surface area contributed by atoms with Crippen molar-refractivity contribution in [3.63, 3.8) is 0 Å². The third-order valence-corrected chi connectivity index (χ3v) is 5.74. The van der Waals surface area contributed by atoms with E-state index >= 15 is 0 Å². The van der Waals surface area contributed by atoms with Gasteiger partial charge in [0.1, 0.15) is 11.9 Å². The van der Waals surface area contributed by atoms with Crippen molar-refractivity contribution < 1.29 is 14.3 Å². The fourth-order valence-electron chi connectivity index (χ4n) is 3.89. The Bertz CT molecular complexity index is 1170. The van der Waals surface area contributed by atoms with E-state index in [-0.39, 0.29) is 17.6 Å². The number of hydrogen-bond donors (Lipinski definition) is 2. The van der Waals surface area contributed by atoms with Crippen molar-refractivity contribution in [2.75, 3.05) is 55.3 Å². The van der Waals surface area contributed by atoms with E-state index in [1.165, 1.54) is 0 Å². The molecule has 34 heavy (non-hydrogen) atoms. The number of morpholine rings is 1. The topological polar surface area (TPSA) is 119 Å². The Morgan fingerprint density at radius 1 is 1.15 bits per heavy atom. The molecule has 2 fully saturated rings. The zero-order chi connectivity index (χ0) is 23.5. The number of pyridine rings is 1. The van der Waals surface area contributed by atoms with Gasteiger partial charge in [0.25, 0.3) is 5.91 Å². The van der Waals surface area contributed by atoms with Crippen LogP contribution < -0.4 is 20.7 Å². The second kappa shape index (κ2) is 9.66. The third kappa shape index (κ3) is 4.80. The number of nitrogens with two attached hydrogens (primary N) is 1. The molecule has 3 N–H and O–H groups in total. The summed E-state index contributed by atoms with van der Waals surface area (Å²) in [5, 5.41) is 2.89. The van der Waals surface area contributed by atoms with E-state index in [4.69, 9.17) is 23.2 Å². The Morgan fingerprint density at radius 3 is 2.65 bits per heavy atom. The number of amides is 1. The Balaban J connectivity index is 1.33. The van der Waals surface area contributed by atoms with Gasteiger partial charge in [0, 0.05) is 37.9 Å². The van der Waals surface area contributed by atoms with Crippen molar-refractivity contribution in [3.05, 3.63) is 54.6 Å². The van der Waals surface area contributed by atoms with Crippen LogP contribution in [0.25, 0.3) is 11.3 Å². The number of carbonyl (C=O) groups is 1. The zero-order valence-electron chi connectivity index (χ0n) is 18.6. The molecule has 2 saturated heterocycles. The van der Waals surface area contributed by atoms with Gasteiger partial charge < -0.3 is 30.2 Å². The van der Waals surface area contributed by atoms with Gasteiger partial charge in [-0.25, -0.2) is 9.97 Å². The van der Waals surface area contributed by atoms with Crippen LogP contribution in [0.15, 0.2) is 48.9 Å². The lowest BCUT2D eigenvalue weighted by atomic mass is 10.1. The van der Waals surface area contributed by atoms with Crippen LogP contribution in [0.5, 0.6) is 5.75 Å². The molecule has 3 aromatic rings. The molecular formula is C23H24BN7O3. The minimum atomic E-state index is -0.453. The highest BCUT2D eigenvalue weighted by atomic mass is 16.5. The molecule has 172 valence electrons. The second-order valence-corrected chi connectivity index (χ2v) is 8.15. The largest absolute Gasteiger partial charge is 0.488 e. The Kier molecular flexibility index (Phi) is 6.28. The number of nitrogen functional groups attached to an aromatic ring is 1. The molecule has 0 spiro atoms. The van der Waals surface area contributed by atoms with Gasteiger partial charge >= 0.3 is 0 Å². The van der Waals surface area contributed by atoms with Crippen molar-refractivity contribution in [1.29, 1.82) is 0 Å². The van der Waals surface area contributed by atoms with Gasteiger partial charge in [-0.15, -0.1) is 0 Å². The molecule has 2 radical (unpaired) electrons. The van der Waals surface area contributed by atoms with E-state index in [1.807, 2.05) is 30.3 Å². The maximum atomic E-state index is 13.1. The summed E-state index contributed by atoms with van der Waals surface area (Å²) < 4.78 is 11.3. The molecule has 2 aliphatic heterocycles. The number of nitrogens with one attached hydrogen (secondary N) is 1. The number of hydrogen-bond acceptors (Lipinski definition) is 9. The molecule has 0 atom stereocenters. The first kappa shape index (κ1) is 22.1. The van der Waals surface area contributed by atoms with Crippen LogP contribution in [-0.2, 0) is 4.74 Å². The van der Waals surface area contributed by atoms with E-state index in [0.717, 1.165) is 30.1 Å². The molecule has 2 aromatic heterocycles. The SMILES string of the molecule is [B]N1CC(Oc2ccc(-c3cnc(N)c(C(=O)Nc4cnccc4N4CCOCC4)n3)cc2)C1. The first-order valence-electron chi connectivity index (χ1n) is 11.0. The molecule has 0 unspecified atom stereocenters. The summed E-state index contributed by atoms with van der Waals surface area (Å²) >= 11 is 0. The standard InChI is InChI=1S/C23H24BN7O3/c24-31-13-17(14-31)34-16-3-1-15(2-4-16)18-12-27-22(25)21(28-18)23(32)29-19-11-26-6-5-20(19)30-7-9-33-10-8-30/h1-6,11-12,17H,7-10,13-14H2,(H2,25,27)(H,29,32). The molecular weight excluding hydrogens is 433 g/mol. The highest BCUT2D eigenvalue weighted by molar-refractivity contribution is 6.07. The van der Waals surface area contributed by atoms with Crippen LogP contribution in [0.1, 0.15) is 10.5 Å². The molecule has 4 heterocycles. The van der Waals surface area contributed by atoms with Crippen LogP contribution in [-0.4, -0.2) is 79.1 Å². The Morgan fingerprint density at radius 2 is 1.91 bits per heavy atom. The highest BCUT2D eigenvalue weighted by Crippen LogP contribution is 2.27. The van der Waals surface area contributed by atoms with Gasteiger partial charge in [-0.2, -0.15) is 0 Å². The number of benzene rings is 1. The maximum Gasteiger partial charge on any atom is 0.278 e. The zero-order valence-corrected chi connectivity index (χ0v) is 18.6. The molecule has 5 rings (SSSR count). The van der Waals surface area contributed by atoms with Crippen LogP contribution >= 0.6 is 0 Å². The first-order chi connectivity index (χ1) is 16.6. The molecule has 0 aliphatic carbocycles. The van der Waals surface area contributed by atoms with Gasteiger partial charge in [-0.3, -0.25) is 9.78 Å². The summed E-state index contributed by atoms with van der Waals surface area (Å²) in [7, 11) is 5.65. The molecule has 1 amide bonds. The lowest BCUT2D eigenvalue weighted by Gasteiger charge is -2.36. The first-order valence-corrected chi connectivity index (χ1v) is 11.0. The molecule has 0 bridgehead atoms. The quantitative estimate of drug-likeness (QED) is 0.529. The van der Waals surface area contributed by atoms with E-state index in [1.54, 1.807) is 23.4 Å². The lowest BCUT2D eigenvalue weighted by molar-refractivity contribution is 0.0779. The number of carbonyl (C=O) groups excluding carboxylic acids is 1. The predicted molar refractivity (Wildman–Crippen MR) is 129 cm³/mol. The maximum absolute atomic E-state index is 13.1. The summed E-state index contributed by atoms with van der Waals surface area (Å²) in [4.78, 5) is 29.8. The number of nitrogens with zero attached hydrogens (tertiary/aromatic N) is 5. The highest BCUT2D eigenvalue weighted by Gasteiger charge is 2.24. The summed E-state index contributed by atoms with van der Waals surface area (Å²) in [5.74, 6) is 0.343. The van der Waals surface area contributed by atoms with E-state index in [9.17, 15) is 4.79 Å². The normalized spacial score (nSPS) is 16.6. The number of rotatable bonds is 6. The average Bonchev–Trinajstić information content (AvgIpc) is 2.85. The van der Waals surface area contributed by atoms with Crippen LogP contribution in [0, 0.1) is 0 Å². The van der Waals surface area contributed by atoms with Gasteiger partial charge in [-0.1, -0.05) is 0 Å². The van der Waals surface area contributed by atoms with Crippen molar-refractivity contribution in [1.82, 2.24) is 19.8 Å². The predicted octanol–water partition coefficient (Wildman–Crippen LogP) is 1.36. The van der Waals surface area contributed by atoms with Gasteiger partial charge in [0.15, 0.2) is 19.5 Å². The van der Waals surface area contributed by atoms with Crippen molar-refractivity contribution in [2.45, 2.75) is 6.10 Å². The van der Waals surface area contributed by atoms with E-state index < -0.39 is 5.91 Å². The molecule has 2 aliphatic rings. The van der Waals surface area contributed by atoms with Crippen LogP contribution in [0.3, 0.4) is 0 Å². The summed E-state index contributed by atoms with van der Waals surface area (Å²) in [5.41, 5.74) is 8.82. The molecule has 10 nitrogen and oxygen atoms in total. The van der Waals surface area contributed by atoms with Crippen molar-refractivity contribution >= 4 is 31.1 Å². The lowest BCUT2D eigenvalue weighted by Crippen LogP contribution is -2.52. The second-order valence-electron chi connectivity index (χ2n) is 8.15. The number of ether oxygens (including phenoxy) is 2. The van der Waals surface area contributed by atoms with Gasteiger partial charge in [-0.05, 0) is 30.3 Å². The van der Waals surface area contributed by atoms with E-state index in [2.05, 4.69) is 25.2 Å². The molecule has 1 aromatic carbocycles. The van der Waals surface area contributed by atoms with Crippen molar-refractivity contribution in [2.24, 2.45) is 0 Å². The van der Waals surface area contributed by atoms with Crippen LogP contribution in [0.4, 0.5) is 17.2 Å². The number of aromatic nitrogens is 3. The average molecular weight is 457 g/mol. The Labute approximate surface area is 198 Å². The van der Waals surface area contributed by atoms with E-state index in [0.29, 0.717) is 37.7 Å². The summed E-state index contributed by atoms with van der Waals surface area (Å²) in [6.07, 6.45) is 4.95. The third-order valence-electron chi connectivity index (χ3n) is 5.74. The Hall–Kier alpha value is -3.70. The smallest absolute Gasteiger partial charge is 0.278 e. The minimum Gasteiger partial charge on any atom is -0.488 e. The summed E-state index contributed by atoms with van der Waals surface area (Å²) in [6, 6.07) is 9.32. The van der Waals surface area contributed by atoms with Crippen molar-refractivity contribution in [3.8, 4) is 17.0 Å². The summed E-state index contributed by atoms with van der Waals surface area (Å²) in [6.45, 7) is 4.13. The minimum absolute atomic E-state index is 0.0483. The van der Waals surface area contributed by atoms with Gasteiger partial charge in [0.2, 0.25) is 0 Å². The molecule has 0 saturated carbocycles. The number of anilines is 3. The van der Waals surface area contributed by atoms with Gasteiger partial charge in [0.05, 0.1) is 42.7 Å². The monoisotopic (exact) mass is 457 g/mol. The fourth-order valence-corrected chi connectivity index (χ4v) is 3.89. The van der Waals surface area contributed by atoms with Crippen LogP contribution in [0.2, 0.25) is 0 Å².